The van der Waals surface area contributed by atoms with E-state index in [-0.39, 0.29) is 5.57 Å². The summed E-state index contributed by atoms with van der Waals surface area (Å²) in [6.07, 6.45) is 0.126. The number of aliphatic carboxylic acids is 2. The second kappa shape index (κ2) is 4.27. The fourth-order valence-corrected chi connectivity index (χ4v) is 0.503. The van der Waals surface area contributed by atoms with Gasteiger partial charge in [0.15, 0.2) is 5.78 Å². The highest BCUT2D eigenvalue weighted by Gasteiger charge is 2.07. The molecule has 0 aliphatic rings. The quantitative estimate of drug-likeness (QED) is 0.462. The molecular weight excluding hydrogens is 164 g/mol. The predicted molar refractivity (Wildman–Crippen MR) is 38.7 cm³/mol. The lowest BCUT2D eigenvalue weighted by Crippen LogP contribution is -2.06. The molecule has 0 aromatic carbocycles. The first kappa shape index (κ1) is 10.3. The number of carboxylic acids is 2. The van der Waals surface area contributed by atoms with E-state index in [9.17, 15) is 14.4 Å². The maximum atomic E-state index is 10.6. The Morgan fingerprint density at radius 1 is 1.25 bits per heavy atom. The van der Waals surface area contributed by atoms with Gasteiger partial charge >= 0.3 is 11.9 Å². The highest BCUT2D eigenvalue weighted by atomic mass is 16.4. The highest BCUT2D eigenvalue weighted by molar-refractivity contribution is 6.05. The maximum absolute atomic E-state index is 10.6. The van der Waals surface area contributed by atoms with E-state index in [1.807, 2.05) is 0 Å². The number of ketones is 1. The average molecular weight is 172 g/mol. The van der Waals surface area contributed by atoms with E-state index < -0.39 is 24.1 Å². The molecule has 5 heteroatoms. The number of carbonyl (C=O) groups excluding carboxylic acids is 1. The molecule has 0 aliphatic carbocycles. The minimum atomic E-state index is -1.27. The zero-order valence-corrected chi connectivity index (χ0v) is 6.40. The fourth-order valence-electron chi connectivity index (χ4n) is 0.503. The molecule has 0 atom stereocenters. The van der Waals surface area contributed by atoms with Gasteiger partial charge in [-0.3, -0.25) is 9.59 Å². The molecule has 2 N–H and O–H groups in total. The topological polar surface area (TPSA) is 91.7 Å². The van der Waals surface area contributed by atoms with E-state index in [0.717, 1.165) is 6.08 Å². The Morgan fingerprint density at radius 2 is 1.75 bits per heavy atom. The van der Waals surface area contributed by atoms with Gasteiger partial charge in [-0.05, 0) is 13.0 Å². The Labute approximate surface area is 68.3 Å². The summed E-state index contributed by atoms with van der Waals surface area (Å²) in [7, 11) is 0. The Balaban J connectivity index is 4.24. The maximum Gasteiger partial charge on any atom is 0.331 e. The van der Waals surface area contributed by atoms with Gasteiger partial charge in [-0.2, -0.15) is 0 Å². The van der Waals surface area contributed by atoms with Gasteiger partial charge in [0.05, 0.1) is 0 Å². The smallest absolute Gasteiger partial charge is 0.331 e. The van der Waals surface area contributed by atoms with E-state index >= 15 is 0 Å². The van der Waals surface area contributed by atoms with Crippen molar-refractivity contribution in [3.63, 3.8) is 0 Å². The Bertz CT molecular complexity index is 251. The lowest BCUT2D eigenvalue weighted by atomic mass is 10.2. The molecule has 0 saturated heterocycles. The van der Waals surface area contributed by atoms with E-state index in [2.05, 4.69) is 0 Å². The van der Waals surface area contributed by atoms with Crippen molar-refractivity contribution in [1.82, 2.24) is 0 Å². The third-order valence-electron chi connectivity index (χ3n) is 1.04. The van der Waals surface area contributed by atoms with E-state index in [1.165, 1.54) is 6.92 Å². The molecule has 0 radical (unpaired) electrons. The molecule has 0 heterocycles. The standard InChI is InChI=1S/C7H8O5/c1-4(7(11)12)2-5(8)3-6(9)10/h2H,3H2,1H3,(H,9,10)(H,11,12). The number of allylic oxidation sites excluding steroid dienone is 1. The number of rotatable bonds is 4. The van der Waals surface area contributed by atoms with Crippen molar-refractivity contribution < 1.29 is 24.6 Å². The Morgan fingerprint density at radius 3 is 2.08 bits per heavy atom. The summed E-state index contributed by atoms with van der Waals surface area (Å²) < 4.78 is 0. The van der Waals surface area contributed by atoms with Crippen molar-refractivity contribution in [3.8, 4) is 0 Å². The van der Waals surface area contributed by atoms with Crippen LogP contribution in [0.5, 0.6) is 0 Å². The Hall–Kier alpha value is -1.65. The van der Waals surface area contributed by atoms with Crippen LogP contribution in [-0.2, 0) is 14.4 Å². The summed E-state index contributed by atoms with van der Waals surface area (Å²) in [6.45, 7) is 1.22. The molecule has 0 aliphatic heterocycles. The second-order valence-corrected chi connectivity index (χ2v) is 2.17. The molecule has 0 spiro atoms. The first-order valence-electron chi connectivity index (χ1n) is 3.09. The molecular formula is C7H8O5. The van der Waals surface area contributed by atoms with Crippen molar-refractivity contribution in [2.24, 2.45) is 0 Å². The van der Waals surface area contributed by atoms with Gasteiger partial charge < -0.3 is 10.2 Å². The minimum Gasteiger partial charge on any atom is -0.481 e. The molecule has 5 nitrogen and oxygen atoms in total. The van der Waals surface area contributed by atoms with Crippen molar-refractivity contribution >= 4 is 17.7 Å². The van der Waals surface area contributed by atoms with Crippen LogP contribution in [0.4, 0.5) is 0 Å². The van der Waals surface area contributed by atoms with Crippen LogP contribution in [0.1, 0.15) is 13.3 Å². The number of hydrogen-bond donors (Lipinski definition) is 2. The summed E-state index contributed by atoms with van der Waals surface area (Å²) in [4.78, 5) is 30.8. The SMILES string of the molecule is CC(=CC(=O)CC(=O)O)C(=O)O. The van der Waals surface area contributed by atoms with Crippen LogP contribution in [0.2, 0.25) is 0 Å². The molecule has 0 fully saturated rings. The Kier molecular flexibility index (Phi) is 3.69. The van der Waals surface area contributed by atoms with Gasteiger partial charge in [-0.1, -0.05) is 0 Å². The third kappa shape index (κ3) is 4.21. The summed E-state index contributed by atoms with van der Waals surface area (Å²) in [6, 6.07) is 0. The lowest BCUT2D eigenvalue weighted by Gasteiger charge is -1.91. The van der Waals surface area contributed by atoms with Crippen LogP contribution >= 0.6 is 0 Å². The van der Waals surface area contributed by atoms with Gasteiger partial charge in [0.2, 0.25) is 0 Å². The third-order valence-corrected chi connectivity index (χ3v) is 1.04. The van der Waals surface area contributed by atoms with E-state index in [4.69, 9.17) is 10.2 Å². The predicted octanol–water partition coefficient (Wildman–Crippen LogP) is 0.0611. The van der Waals surface area contributed by atoms with E-state index in [1.54, 1.807) is 0 Å². The summed E-state index contributed by atoms with van der Waals surface area (Å²) in [5.74, 6) is -3.22. The second-order valence-electron chi connectivity index (χ2n) is 2.17. The molecule has 0 unspecified atom stereocenters. The van der Waals surface area contributed by atoms with Crippen molar-refractivity contribution in [2.45, 2.75) is 13.3 Å². The fraction of sp³-hybridized carbons (Fsp3) is 0.286. The van der Waals surface area contributed by atoms with Gasteiger partial charge in [-0.25, -0.2) is 4.79 Å². The van der Waals surface area contributed by atoms with Crippen molar-refractivity contribution in [1.29, 1.82) is 0 Å². The molecule has 66 valence electrons. The van der Waals surface area contributed by atoms with Crippen LogP contribution in [-0.4, -0.2) is 27.9 Å². The first-order valence-corrected chi connectivity index (χ1v) is 3.09. The summed E-state index contributed by atoms with van der Waals surface area (Å²) in [5.41, 5.74) is -0.166. The molecule has 0 aromatic rings. The van der Waals surface area contributed by atoms with Crippen LogP contribution in [0.15, 0.2) is 11.6 Å². The molecule has 0 bridgehead atoms. The van der Waals surface area contributed by atoms with Gasteiger partial charge in [0.25, 0.3) is 0 Å². The number of hydrogen-bond acceptors (Lipinski definition) is 3. The van der Waals surface area contributed by atoms with Gasteiger partial charge in [0.1, 0.15) is 6.42 Å². The monoisotopic (exact) mass is 172 g/mol. The molecule has 0 rings (SSSR count). The van der Waals surface area contributed by atoms with Crippen LogP contribution in [0, 0.1) is 0 Å². The zero-order chi connectivity index (χ0) is 9.72. The minimum absolute atomic E-state index is 0.166. The average Bonchev–Trinajstić information content (AvgIpc) is 1.84. The highest BCUT2D eigenvalue weighted by Crippen LogP contribution is 1.94. The van der Waals surface area contributed by atoms with Crippen LogP contribution in [0.3, 0.4) is 0 Å². The lowest BCUT2D eigenvalue weighted by molar-refractivity contribution is -0.139. The first-order chi connectivity index (χ1) is 5.43. The van der Waals surface area contributed by atoms with E-state index in [0.29, 0.717) is 0 Å². The summed E-state index contributed by atoms with van der Waals surface area (Å²) >= 11 is 0. The normalized spacial score (nSPS) is 10.9. The number of carbonyl (C=O) groups is 3. The molecule has 0 aromatic heterocycles. The number of carboxylic acid groups (broad SMARTS) is 2. The molecule has 12 heavy (non-hydrogen) atoms. The summed E-state index contributed by atoms with van der Waals surface area (Å²) in [5, 5.41) is 16.4. The molecule has 0 amide bonds. The van der Waals surface area contributed by atoms with Crippen molar-refractivity contribution in [2.75, 3.05) is 0 Å². The van der Waals surface area contributed by atoms with Crippen molar-refractivity contribution in [3.05, 3.63) is 11.6 Å². The van der Waals surface area contributed by atoms with Crippen LogP contribution in [0.25, 0.3) is 0 Å². The van der Waals surface area contributed by atoms with Gasteiger partial charge in [-0.15, -0.1) is 0 Å². The molecule has 0 saturated carbocycles. The largest absolute Gasteiger partial charge is 0.481 e. The van der Waals surface area contributed by atoms with Gasteiger partial charge in [0, 0.05) is 5.57 Å². The van der Waals surface area contributed by atoms with Crippen LogP contribution < -0.4 is 0 Å². The zero-order valence-electron chi connectivity index (χ0n) is 6.40.